The summed E-state index contributed by atoms with van der Waals surface area (Å²) in [5, 5.41) is 25.6. The lowest BCUT2D eigenvalue weighted by Crippen LogP contribution is -2.31. The predicted molar refractivity (Wildman–Crippen MR) is 89.0 cm³/mol. The number of rotatable bonds is 7. The molecule has 0 saturated carbocycles. The molecule has 1 aliphatic heterocycles. The summed E-state index contributed by atoms with van der Waals surface area (Å²) in [7, 11) is 2.78. The molecular formula is C15H18N4O6. The van der Waals surface area contributed by atoms with Gasteiger partial charge in [0.1, 0.15) is 5.70 Å². The van der Waals surface area contributed by atoms with Crippen LogP contribution < -0.4 is 10.6 Å². The number of ether oxygens (including phenoxy) is 1. The van der Waals surface area contributed by atoms with E-state index in [1.165, 1.54) is 30.2 Å². The molecule has 1 aliphatic rings. The average molecular weight is 350 g/mol. The number of esters is 1. The van der Waals surface area contributed by atoms with Crippen molar-refractivity contribution in [2.75, 3.05) is 44.5 Å². The summed E-state index contributed by atoms with van der Waals surface area (Å²) in [4.78, 5) is 36.0. The summed E-state index contributed by atoms with van der Waals surface area (Å²) in [5.41, 5.74) is 0.812. The van der Waals surface area contributed by atoms with Crippen LogP contribution in [0.1, 0.15) is 0 Å². The van der Waals surface area contributed by atoms with E-state index in [0.717, 1.165) is 0 Å². The van der Waals surface area contributed by atoms with E-state index in [1.54, 1.807) is 7.05 Å². The van der Waals surface area contributed by atoms with Crippen LogP contribution in [0.5, 0.6) is 0 Å². The molecule has 0 saturated heterocycles. The van der Waals surface area contributed by atoms with E-state index in [1.807, 2.05) is 0 Å². The lowest BCUT2D eigenvalue weighted by Gasteiger charge is -2.16. The second kappa shape index (κ2) is 7.62. The highest BCUT2D eigenvalue weighted by Crippen LogP contribution is 2.30. The first-order chi connectivity index (χ1) is 11.9. The molecule has 2 rings (SSSR count). The number of non-ortho nitro benzene ring substituents is 1. The summed E-state index contributed by atoms with van der Waals surface area (Å²) >= 11 is 0. The molecule has 1 amide bonds. The number of carbonyl (C=O) groups excluding carboxylic acids is 2. The standard InChI is InChI=1S/C15H18N4O6/c1-16-12-7-9(19(23)24)3-4-11(12)17-13-10(15(22)25-2)8-18(5-6-20)14(13)21/h3-4,7,16-17,20H,5-6,8H2,1-2H3. The number of carbonyl (C=O) groups is 2. The summed E-state index contributed by atoms with van der Waals surface area (Å²) in [6.07, 6.45) is 0. The quantitative estimate of drug-likeness (QED) is 0.363. The van der Waals surface area contributed by atoms with Crippen molar-refractivity contribution in [3.63, 3.8) is 0 Å². The van der Waals surface area contributed by atoms with Gasteiger partial charge in [-0.15, -0.1) is 0 Å². The third-order valence-corrected chi connectivity index (χ3v) is 3.70. The largest absolute Gasteiger partial charge is 0.466 e. The van der Waals surface area contributed by atoms with E-state index >= 15 is 0 Å². The van der Waals surface area contributed by atoms with E-state index in [2.05, 4.69) is 10.6 Å². The molecule has 0 aromatic heterocycles. The number of nitro groups is 1. The lowest BCUT2D eigenvalue weighted by atomic mass is 10.2. The Kier molecular flexibility index (Phi) is 5.55. The second-order valence-corrected chi connectivity index (χ2v) is 5.16. The Labute approximate surface area is 143 Å². The smallest absolute Gasteiger partial charge is 0.337 e. The molecule has 0 spiro atoms. The Morgan fingerprint density at radius 1 is 1.44 bits per heavy atom. The molecule has 1 aromatic rings. The maximum absolute atomic E-state index is 12.5. The number of nitro benzene ring substituents is 1. The fourth-order valence-electron chi connectivity index (χ4n) is 2.45. The number of benzene rings is 1. The molecule has 1 heterocycles. The van der Waals surface area contributed by atoms with Crippen LogP contribution >= 0.6 is 0 Å². The van der Waals surface area contributed by atoms with Gasteiger partial charge >= 0.3 is 5.97 Å². The Morgan fingerprint density at radius 3 is 2.72 bits per heavy atom. The van der Waals surface area contributed by atoms with Gasteiger partial charge in [0.05, 0.1) is 42.1 Å². The number of amides is 1. The van der Waals surface area contributed by atoms with E-state index < -0.39 is 16.8 Å². The van der Waals surface area contributed by atoms with Crippen molar-refractivity contribution in [3.05, 3.63) is 39.6 Å². The van der Waals surface area contributed by atoms with Crippen molar-refractivity contribution >= 4 is 28.9 Å². The first-order valence-corrected chi connectivity index (χ1v) is 7.37. The summed E-state index contributed by atoms with van der Waals surface area (Å²) in [6, 6.07) is 4.03. The van der Waals surface area contributed by atoms with Crippen molar-refractivity contribution in [2.45, 2.75) is 0 Å². The molecule has 10 nitrogen and oxygen atoms in total. The molecule has 0 fully saturated rings. The maximum atomic E-state index is 12.5. The van der Waals surface area contributed by atoms with Crippen LogP contribution in [0.2, 0.25) is 0 Å². The number of aliphatic hydroxyl groups excluding tert-OH is 1. The van der Waals surface area contributed by atoms with Gasteiger partial charge in [-0.25, -0.2) is 4.79 Å². The molecule has 10 heteroatoms. The molecule has 0 radical (unpaired) electrons. The van der Waals surface area contributed by atoms with Crippen LogP contribution in [0.25, 0.3) is 0 Å². The highest BCUT2D eigenvalue weighted by Gasteiger charge is 2.34. The number of hydrogen-bond acceptors (Lipinski definition) is 8. The molecule has 0 atom stereocenters. The van der Waals surface area contributed by atoms with Gasteiger partial charge in [-0.2, -0.15) is 0 Å². The fraction of sp³-hybridized carbons (Fsp3) is 0.333. The van der Waals surface area contributed by atoms with Gasteiger partial charge in [0.15, 0.2) is 0 Å². The molecule has 0 unspecified atom stereocenters. The summed E-state index contributed by atoms with van der Waals surface area (Å²) < 4.78 is 4.70. The van der Waals surface area contributed by atoms with Crippen LogP contribution in [0, 0.1) is 10.1 Å². The molecular weight excluding hydrogens is 332 g/mol. The minimum Gasteiger partial charge on any atom is -0.466 e. The number of β-amino-alcohol motifs (C(OH)–C–C–N with tert-alkyl or cyclic N) is 1. The highest BCUT2D eigenvalue weighted by atomic mass is 16.6. The van der Waals surface area contributed by atoms with Crippen LogP contribution in [0.4, 0.5) is 17.1 Å². The number of nitrogens with zero attached hydrogens (tertiary/aromatic N) is 2. The number of hydrogen-bond donors (Lipinski definition) is 3. The van der Waals surface area contributed by atoms with E-state index in [9.17, 15) is 19.7 Å². The van der Waals surface area contributed by atoms with Crippen molar-refractivity contribution in [3.8, 4) is 0 Å². The Morgan fingerprint density at radius 2 is 2.16 bits per heavy atom. The van der Waals surface area contributed by atoms with Crippen LogP contribution in [0.3, 0.4) is 0 Å². The number of methoxy groups -OCH3 is 1. The zero-order valence-corrected chi connectivity index (χ0v) is 13.7. The van der Waals surface area contributed by atoms with E-state index in [-0.39, 0.29) is 36.7 Å². The van der Waals surface area contributed by atoms with Gasteiger partial charge in [0.25, 0.3) is 11.6 Å². The van der Waals surface area contributed by atoms with Gasteiger partial charge in [0.2, 0.25) is 0 Å². The maximum Gasteiger partial charge on any atom is 0.337 e. The SMILES string of the molecule is CNc1cc([N+](=O)[O-])ccc1NC1=C(C(=O)OC)CN(CCO)C1=O. The lowest BCUT2D eigenvalue weighted by molar-refractivity contribution is -0.384. The molecule has 134 valence electrons. The summed E-state index contributed by atoms with van der Waals surface area (Å²) in [5.74, 6) is -1.13. The van der Waals surface area contributed by atoms with Crippen LogP contribution in [-0.2, 0) is 14.3 Å². The van der Waals surface area contributed by atoms with Gasteiger partial charge < -0.3 is 25.4 Å². The third-order valence-electron chi connectivity index (χ3n) is 3.70. The van der Waals surface area contributed by atoms with Crippen molar-refractivity contribution in [1.29, 1.82) is 0 Å². The van der Waals surface area contributed by atoms with E-state index in [0.29, 0.717) is 11.4 Å². The van der Waals surface area contributed by atoms with Gasteiger partial charge in [-0.1, -0.05) is 0 Å². The number of anilines is 2. The molecule has 3 N–H and O–H groups in total. The third kappa shape index (κ3) is 3.69. The Bertz CT molecular complexity index is 746. The van der Waals surface area contributed by atoms with Gasteiger partial charge in [-0.3, -0.25) is 14.9 Å². The first-order valence-electron chi connectivity index (χ1n) is 7.37. The Balaban J connectivity index is 2.39. The first kappa shape index (κ1) is 18.2. The average Bonchev–Trinajstić information content (AvgIpc) is 2.91. The minimum absolute atomic E-state index is 0.0102. The highest BCUT2D eigenvalue weighted by molar-refractivity contribution is 6.09. The second-order valence-electron chi connectivity index (χ2n) is 5.16. The van der Waals surface area contributed by atoms with Gasteiger partial charge in [0, 0.05) is 25.7 Å². The monoisotopic (exact) mass is 350 g/mol. The Hall–Kier alpha value is -3.14. The molecule has 0 aliphatic carbocycles. The zero-order valence-electron chi connectivity index (χ0n) is 13.7. The van der Waals surface area contributed by atoms with Crippen molar-refractivity contribution < 1.29 is 24.4 Å². The topological polar surface area (TPSA) is 134 Å². The van der Waals surface area contributed by atoms with Crippen LogP contribution in [0.15, 0.2) is 29.5 Å². The van der Waals surface area contributed by atoms with Gasteiger partial charge in [-0.05, 0) is 6.07 Å². The fourth-order valence-corrected chi connectivity index (χ4v) is 2.45. The van der Waals surface area contributed by atoms with Crippen molar-refractivity contribution in [1.82, 2.24) is 4.90 Å². The van der Waals surface area contributed by atoms with Crippen LogP contribution in [-0.4, -0.2) is 60.7 Å². The number of nitrogens with one attached hydrogen (secondary N) is 2. The zero-order chi connectivity index (χ0) is 18.6. The molecule has 25 heavy (non-hydrogen) atoms. The summed E-state index contributed by atoms with van der Waals surface area (Å²) in [6.45, 7) is -0.160. The predicted octanol–water partition coefficient (Wildman–Crippen LogP) is 0.310. The number of aliphatic hydroxyl groups is 1. The molecule has 0 bridgehead atoms. The molecule has 1 aromatic carbocycles. The minimum atomic E-state index is -0.663. The van der Waals surface area contributed by atoms with Crippen molar-refractivity contribution in [2.24, 2.45) is 0 Å². The van der Waals surface area contributed by atoms with E-state index in [4.69, 9.17) is 9.84 Å². The normalized spacial score (nSPS) is 13.9.